The number of aryl methyl sites for hydroxylation is 1. The lowest BCUT2D eigenvalue weighted by Gasteiger charge is -2.22. The number of fused-ring (bicyclic) bond motifs is 3. The highest BCUT2D eigenvalue weighted by Gasteiger charge is 2.46. The quantitative estimate of drug-likeness (QED) is 0.646. The van der Waals surface area contributed by atoms with Crippen LogP contribution in [0.15, 0.2) is 65.1 Å². The molecule has 5 rings (SSSR count). The van der Waals surface area contributed by atoms with Crippen LogP contribution in [0.1, 0.15) is 39.4 Å². The Kier molecular flexibility index (Phi) is 5.24. The molecule has 31 heavy (non-hydrogen) atoms. The van der Waals surface area contributed by atoms with Crippen molar-refractivity contribution in [2.75, 3.05) is 26.2 Å². The molecule has 2 aromatic carbocycles. The van der Waals surface area contributed by atoms with Crippen molar-refractivity contribution in [2.45, 2.75) is 18.9 Å². The fourth-order valence-corrected chi connectivity index (χ4v) is 4.93. The molecule has 1 aliphatic heterocycles. The third kappa shape index (κ3) is 3.95. The second-order valence-electron chi connectivity index (χ2n) is 8.33. The zero-order chi connectivity index (χ0) is 21.4. The second-order valence-corrected chi connectivity index (χ2v) is 8.33. The molecule has 1 amide bonds. The highest BCUT2D eigenvalue weighted by Crippen LogP contribution is 2.49. The van der Waals surface area contributed by atoms with Gasteiger partial charge in [-0.1, -0.05) is 30.3 Å². The number of benzene rings is 2. The van der Waals surface area contributed by atoms with Crippen molar-refractivity contribution in [3.05, 3.63) is 89.1 Å². The van der Waals surface area contributed by atoms with Crippen molar-refractivity contribution < 1.29 is 18.3 Å². The number of rotatable bonds is 6. The zero-order valence-corrected chi connectivity index (χ0v) is 17.4. The van der Waals surface area contributed by atoms with E-state index in [0.29, 0.717) is 30.0 Å². The number of halogens is 1. The van der Waals surface area contributed by atoms with E-state index in [9.17, 15) is 9.18 Å². The fourth-order valence-electron chi connectivity index (χ4n) is 4.93. The van der Waals surface area contributed by atoms with Crippen LogP contribution >= 0.6 is 0 Å². The summed E-state index contributed by atoms with van der Waals surface area (Å²) in [6.07, 6.45) is 0. The molecule has 1 aliphatic carbocycles. The normalized spacial score (nSPS) is 22.2. The Labute approximate surface area is 180 Å². The van der Waals surface area contributed by atoms with Gasteiger partial charge in [-0.2, -0.15) is 0 Å². The molecular weight excluding hydrogens is 395 g/mol. The van der Waals surface area contributed by atoms with Gasteiger partial charge in [0.05, 0.1) is 6.04 Å². The average molecular weight is 420 g/mol. The summed E-state index contributed by atoms with van der Waals surface area (Å²) in [5.74, 6) is 1.80. The minimum atomic E-state index is -0.296. The van der Waals surface area contributed by atoms with E-state index in [4.69, 9.17) is 9.15 Å². The van der Waals surface area contributed by atoms with E-state index in [-0.39, 0.29) is 17.8 Å². The number of likely N-dealkylation sites (tertiary alicyclic amines) is 1. The first-order valence-corrected chi connectivity index (χ1v) is 10.7. The van der Waals surface area contributed by atoms with Gasteiger partial charge in [-0.05, 0) is 42.3 Å². The first-order chi connectivity index (χ1) is 15.1. The van der Waals surface area contributed by atoms with Gasteiger partial charge in [-0.3, -0.25) is 9.69 Å². The first kappa shape index (κ1) is 19.8. The number of hydrogen-bond acceptors (Lipinski definition) is 4. The van der Waals surface area contributed by atoms with E-state index in [1.54, 1.807) is 24.3 Å². The van der Waals surface area contributed by atoms with Gasteiger partial charge >= 0.3 is 0 Å². The van der Waals surface area contributed by atoms with Gasteiger partial charge in [-0.15, -0.1) is 0 Å². The molecule has 6 heteroatoms. The van der Waals surface area contributed by atoms with E-state index in [2.05, 4.69) is 28.4 Å². The average Bonchev–Trinajstić information content (AvgIpc) is 3.44. The predicted octanol–water partition coefficient (Wildman–Crippen LogP) is 4.31. The molecule has 5 nitrogen and oxygen atoms in total. The number of amides is 1. The van der Waals surface area contributed by atoms with Crippen LogP contribution in [-0.2, 0) is 0 Å². The minimum Gasteiger partial charge on any atom is -0.492 e. The van der Waals surface area contributed by atoms with Gasteiger partial charge < -0.3 is 14.5 Å². The molecule has 2 heterocycles. The van der Waals surface area contributed by atoms with E-state index in [1.165, 1.54) is 23.3 Å². The molecule has 1 aromatic heterocycles. The third-order valence-corrected chi connectivity index (χ3v) is 6.32. The summed E-state index contributed by atoms with van der Waals surface area (Å²) >= 11 is 0. The summed E-state index contributed by atoms with van der Waals surface area (Å²) < 4.78 is 24.6. The van der Waals surface area contributed by atoms with Gasteiger partial charge in [-0.25, -0.2) is 4.39 Å². The molecule has 0 unspecified atom stereocenters. The number of nitrogens with zero attached hydrogens (tertiary/aromatic N) is 1. The summed E-state index contributed by atoms with van der Waals surface area (Å²) in [6.45, 7) is 4.86. The van der Waals surface area contributed by atoms with Gasteiger partial charge in [0.25, 0.3) is 5.91 Å². The standard InChI is InChI=1S/C25H25FN2O3/c1-16-9-10-23(31-16)25(29)27-24-20-8-3-2-7-19(20)21-14-28(15-22(21)24)11-12-30-18-6-4-5-17(26)13-18/h2-10,13,21-22,24H,11-12,14-15H2,1H3,(H,27,29)/t21-,22-,24+/m0/s1. The van der Waals surface area contributed by atoms with Crippen molar-refractivity contribution in [3.63, 3.8) is 0 Å². The van der Waals surface area contributed by atoms with Crippen molar-refractivity contribution in [1.82, 2.24) is 10.2 Å². The smallest absolute Gasteiger partial charge is 0.287 e. The number of furan rings is 1. The molecule has 1 N–H and O–H groups in total. The monoisotopic (exact) mass is 420 g/mol. The molecule has 3 atom stereocenters. The highest BCUT2D eigenvalue weighted by molar-refractivity contribution is 5.92. The summed E-state index contributed by atoms with van der Waals surface area (Å²) in [4.78, 5) is 15.1. The largest absolute Gasteiger partial charge is 0.492 e. The lowest BCUT2D eigenvalue weighted by molar-refractivity contribution is 0.0894. The SMILES string of the molecule is Cc1ccc(C(=O)N[C@@H]2c3ccccc3[C@@H]3CN(CCOc4cccc(F)c4)C[C@H]23)o1. The Balaban J connectivity index is 1.27. The van der Waals surface area contributed by atoms with Gasteiger partial charge in [0.1, 0.15) is 23.9 Å². The fraction of sp³-hybridized carbons (Fsp3) is 0.320. The molecule has 0 radical (unpaired) electrons. The van der Waals surface area contributed by atoms with Crippen molar-refractivity contribution in [1.29, 1.82) is 0 Å². The van der Waals surface area contributed by atoms with Crippen LogP contribution in [-0.4, -0.2) is 37.0 Å². The van der Waals surface area contributed by atoms with Gasteiger partial charge in [0.2, 0.25) is 0 Å². The van der Waals surface area contributed by atoms with E-state index in [0.717, 1.165) is 25.4 Å². The van der Waals surface area contributed by atoms with E-state index in [1.807, 2.05) is 13.0 Å². The molecule has 0 spiro atoms. The van der Waals surface area contributed by atoms with E-state index >= 15 is 0 Å². The van der Waals surface area contributed by atoms with Crippen LogP contribution in [0.5, 0.6) is 5.75 Å². The molecule has 160 valence electrons. The Bertz CT molecular complexity index is 1100. The van der Waals surface area contributed by atoms with Crippen LogP contribution < -0.4 is 10.1 Å². The summed E-state index contributed by atoms with van der Waals surface area (Å²) in [6, 6.07) is 18.1. The third-order valence-electron chi connectivity index (χ3n) is 6.32. The van der Waals surface area contributed by atoms with Gasteiger partial charge in [0.15, 0.2) is 5.76 Å². The molecule has 2 aliphatic rings. The molecule has 1 saturated heterocycles. The minimum absolute atomic E-state index is 0.0479. The number of nitrogens with one attached hydrogen (secondary N) is 1. The summed E-state index contributed by atoms with van der Waals surface area (Å²) in [7, 11) is 0. The number of ether oxygens (including phenoxy) is 1. The topological polar surface area (TPSA) is 54.7 Å². The van der Waals surface area contributed by atoms with Crippen LogP contribution in [0.3, 0.4) is 0 Å². The summed E-state index contributed by atoms with van der Waals surface area (Å²) in [5.41, 5.74) is 2.51. The predicted molar refractivity (Wildman–Crippen MR) is 115 cm³/mol. The van der Waals surface area contributed by atoms with Crippen LogP contribution in [0.4, 0.5) is 4.39 Å². The second kappa shape index (κ2) is 8.19. The molecule has 0 saturated carbocycles. The molecule has 3 aromatic rings. The lowest BCUT2D eigenvalue weighted by Crippen LogP contribution is -2.34. The Morgan fingerprint density at radius 1 is 1.13 bits per heavy atom. The van der Waals surface area contributed by atoms with Crippen LogP contribution in [0, 0.1) is 18.7 Å². The maximum atomic E-state index is 13.3. The number of carbonyl (C=O) groups is 1. The van der Waals surface area contributed by atoms with Crippen molar-refractivity contribution >= 4 is 5.91 Å². The number of carbonyl (C=O) groups excluding carboxylic acids is 1. The molecule has 1 fully saturated rings. The lowest BCUT2D eigenvalue weighted by atomic mass is 9.94. The first-order valence-electron chi connectivity index (χ1n) is 10.7. The van der Waals surface area contributed by atoms with Gasteiger partial charge in [0, 0.05) is 37.5 Å². The Hall–Kier alpha value is -3.12. The molecular formula is C25H25FN2O3. The summed E-state index contributed by atoms with van der Waals surface area (Å²) in [5, 5.41) is 3.21. The molecule has 0 bridgehead atoms. The maximum absolute atomic E-state index is 13.3. The van der Waals surface area contributed by atoms with Crippen LogP contribution in [0.2, 0.25) is 0 Å². The maximum Gasteiger partial charge on any atom is 0.287 e. The van der Waals surface area contributed by atoms with Crippen LogP contribution in [0.25, 0.3) is 0 Å². The Morgan fingerprint density at radius 2 is 1.97 bits per heavy atom. The van der Waals surface area contributed by atoms with E-state index < -0.39 is 0 Å². The highest BCUT2D eigenvalue weighted by atomic mass is 19.1. The Morgan fingerprint density at radius 3 is 2.74 bits per heavy atom. The number of hydrogen-bond donors (Lipinski definition) is 1. The zero-order valence-electron chi connectivity index (χ0n) is 17.4. The van der Waals surface area contributed by atoms with Crippen molar-refractivity contribution in [2.24, 2.45) is 5.92 Å². The van der Waals surface area contributed by atoms with Crippen molar-refractivity contribution in [3.8, 4) is 5.75 Å².